The molecule has 7 nitrogen and oxygen atoms in total. The molecule has 1 aliphatic carbocycles. The summed E-state index contributed by atoms with van der Waals surface area (Å²) in [5.74, 6) is 4.27. The molecule has 0 radical (unpaired) electrons. The van der Waals surface area contributed by atoms with Gasteiger partial charge in [-0.05, 0) is 57.8 Å². The number of likely N-dealkylation sites (tertiary alicyclic amines) is 1. The number of fused-ring (bicyclic) bond motifs is 1. The van der Waals surface area contributed by atoms with Gasteiger partial charge in [-0.15, -0.1) is 34.2 Å². The van der Waals surface area contributed by atoms with E-state index >= 15 is 0 Å². The average Bonchev–Trinajstić information content (AvgIpc) is 3.04. The van der Waals surface area contributed by atoms with E-state index in [2.05, 4.69) is 37.2 Å². The molecule has 3 heterocycles. The van der Waals surface area contributed by atoms with E-state index in [9.17, 15) is 0 Å². The highest BCUT2D eigenvalue weighted by Gasteiger charge is 2.23. The van der Waals surface area contributed by atoms with E-state index in [1.165, 1.54) is 89.7 Å². The number of aromatic nitrogens is 3. The molecule has 4 rings (SSSR count). The fourth-order valence-electron chi connectivity index (χ4n) is 5.67. The number of piperidine rings is 1. The highest BCUT2D eigenvalue weighted by atomic mass is 127. The maximum absolute atomic E-state index is 4.87. The summed E-state index contributed by atoms with van der Waals surface area (Å²) in [6.07, 6.45) is 16.6. The maximum atomic E-state index is 4.87. The first-order valence-corrected chi connectivity index (χ1v) is 13.5. The maximum Gasteiger partial charge on any atom is 0.191 e. The Bertz CT molecular complexity index is 706. The number of rotatable bonds is 8. The molecule has 0 aromatic carbocycles. The van der Waals surface area contributed by atoms with Crippen LogP contribution in [0.15, 0.2) is 4.99 Å². The number of nitrogens with one attached hydrogen (secondary N) is 2. The Hall–Kier alpha value is -0.900. The normalized spacial score (nSPS) is 21.2. The molecule has 188 valence electrons. The van der Waals surface area contributed by atoms with Crippen LogP contribution in [0.5, 0.6) is 0 Å². The Kier molecular flexibility index (Phi) is 11.7. The smallest absolute Gasteiger partial charge is 0.191 e. The number of halogens is 1. The van der Waals surface area contributed by atoms with E-state index in [-0.39, 0.29) is 24.0 Å². The molecule has 2 aliphatic heterocycles. The first-order valence-electron chi connectivity index (χ1n) is 13.5. The lowest BCUT2D eigenvalue weighted by molar-refractivity contribution is 0.160. The van der Waals surface area contributed by atoms with Crippen LogP contribution in [0.25, 0.3) is 0 Å². The average molecular weight is 572 g/mol. The quantitative estimate of drug-likeness (QED) is 0.212. The number of aryl methyl sites for hydroxylation is 2. The van der Waals surface area contributed by atoms with Crippen molar-refractivity contribution < 1.29 is 0 Å². The lowest BCUT2D eigenvalue weighted by Gasteiger charge is -2.36. The third-order valence-electron chi connectivity index (χ3n) is 7.53. The van der Waals surface area contributed by atoms with Crippen molar-refractivity contribution in [2.24, 2.45) is 10.9 Å². The molecule has 8 heteroatoms. The highest BCUT2D eigenvalue weighted by molar-refractivity contribution is 14.0. The standard InChI is InChI=1S/C25H45N7.HI/c1-2-26-25(27-16-9-13-24-30-29-23-12-7-4-8-17-32(23)24)28-22-14-18-31(19-15-22)20-21-10-5-3-6-11-21;/h21-22H,2-20H2,1H3,(H2,26,27,28);1H. The zero-order valence-corrected chi connectivity index (χ0v) is 23.1. The molecule has 0 unspecified atom stereocenters. The predicted molar refractivity (Wildman–Crippen MR) is 146 cm³/mol. The fourth-order valence-corrected chi connectivity index (χ4v) is 5.67. The van der Waals surface area contributed by atoms with Crippen molar-refractivity contribution in [3.63, 3.8) is 0 Å². The van der Waals surface area contributed by atoms with Crippen LogP contribution < -0.4 is 10.6 Å². The van der Waals surface area contributed by atoms with Crippen molar-refractivity contribution in [1.29, 1.82) is 0 Å². The van der Waals surface area contributed by atoms with Gasteiger partial charge in [0.1, 0.15) is 11.6 Å². The zero-order valence-electron chi connectivity index (χ0n) is 20.7. The van der Waals surface area contributed by atoms with Crippen LogP contribution in [-0.4, -0.2) is 64.4 Å². The molecule has 2 N–H and O–H groups in total. The monoisotopic (exact) mass is 571 g/mol. The van der Waals surface area contributed by atoms with Gasteiger partial charge < -0.3 is 20.1 Å². The Labute approximate surface area is 218 Å². The summed E-state index contributed by atoms with van der Waals surface area (Å²) >= 11 is 0. The van der Waals surface area contributed by atoms with Crippen molar-refractivity contribution in [2.75, 3.05) is 32.7 Å². The third kappa shape index (κ3) is 8.37. The van der Waals surface area contributed by atoms with E-state index in [0.717, 1.165) is 56.6 Å². The van der Waals surface area contributed by atoms with Crippen LogP contribution in [0.1, 0.15) is 89.2 Å². The molecule has 0 atom stereocenters. The van der Waals surface area contributed by atoms with Gasteiger partial charge >= 0.3 is 0 Å². The lowest BCUT2D eigenvalue weighted by atomic mass is 9.88. The molecule has 0 amide bonds. The molecule has 0 spiro atoms. The van der Waals surface area contributed by atoms with E-state index in [1.807, 2.05) is 0 Å². The molecule has 3 aliphatic rings. The van der Waals surface area contributed by atoms with Crippen LogP contribution in [0, 0.1) is 5.92 Å². The van der Waals surface area contributed by atoms with Gasteiger partial charge in [-0.25, -0.2) is 0 Å². The number of hydrogen-bond donors (Lipinski definition) is 2. The molecule has 2 fully saturated rings. The topological polar surface area (TPSA) is 70.4 Å². The Morgan fingerprint density at radius 3 is 2.55 bits per heavy atom. The van der Waals surface area contributed by atoms with E-state index in [0.29, 0.717) is 6.04 Å². The number of nitrogens with zero attached hydrogens (tertiary/aromatic N) is 5. The van der Waals surface area contributed by atoms with Crippen molar-refractivity contribution in [3.8, 4) is 0 Å². The van der Waals surface area contributed by atoms with Gasteiger partial charge in [0.2, 0.25) is 0 Å². The summed E-state index contributed by atoms with van der Waals surface area (Å²) in [5, 5.41) is 16.1. The van der Waals surface area contributed by atoms with Gasteiger partial charge in [0.25, 0.3) is 0 Å². The minimum Gasteiger partial charge on any atom is -0.357 e. The summed E-state index contributed by atoms with van der Waals surface area (Å²) in [6.45, 7) is 8.76. The van der Waals surface area contributed by atoms with Crippen molar-refractivity contribution in [2.45, 2.75) is 103 Å². The first kappa shape index (κ1) is 26.7. The minimum absolute atomic E-state index is 0. The number of guanidine groups is 1. The molecule has 33 heavy (non-hydrogen) atoms. The Balaban J connectivity index is 0.00000306. The van der Waals surface area contributed by atoms with Gasteiger partial charge in [-0.3, -0.25) is 4.99 Å². The number of aliphatic imine (C=N–C) groups is 1. The van der Waals surface area contributed by atoms with Crippen LogP contribution in [0.3, 0.4) is 0 Å². The zero-order chi connectivity index (χ0) is 22.0. The van der Waals surface area contributed by atoms with Gasteiger partial charge in [0.05, 0.1) is 0 Å². The molecular formula is C25H46IN7. The predicted octanol–water partition coefficient (Wildman–Crippen LogP) is 4.15. The van der Waals surface area contributed by atoms with Crippen LogP contribution in [0.2, 0.25) is 0 Å². The van der Waals surface area contributed by atoms with Gasteiger partial charge in [-0.1, -0.05) is 25.7 Å². The molecule has 0 bridgehead atoms. The summed E-state index contributed by atoms with van der Waals surface area (Å²) in [6, 6.07) is 0.544. The van der Waals surface area contributed by atoms with E-state index in [4.69, 9.17) is 4.99 Å². The van der Waals surface area contributed by atoms with Crippen molar-refractivity contribution in [1.82, 2.24) is 30.3 Å². The Morgan fingerprint density at radius 1 is 0.970 bits per heavy atom. The van der Waals surface area contributed by atoms with Crippen molar-refractivity contribution >= 4 is 29.9 Å². The molecule has 1 saturated carbocycles. The first-order chi connectivity index (χ1) is 15.8. The summed E-state index contributed by atoms with van der Waals surface area (Å²) in [5.41, 5.74) is 0. The molecule has 1 aromatic heterocycles. The third-order valence-corrected chi connectivity index (χ3v) is 7.53. The lowest BCUT2D eigenvalue weighted by Crippen LogP contribution is -2.49. The summed E-state index contributed by atoms with van der Waals surface area (Å²) in [4.78, 5) is 7.58. The highest BCUT2D eigenvalue weighted by Crippen LogP contribution is 2.25. The van der Waals surface area contributed by atoms with E-state index < -0.39 is 0 Å². The van der Waals surface area contributed by atoms with Crippen molar-refractivity contribution in [3.05, 3.63) is 11.6 Å². The fraction of sp³-hybridized carbons (Fsp3) is 0.880. The van der Waals surface area contributed by atoms with Gasteiger partial charge in [0.15, 0.2) is 5.96 Å². The SMILES string of the molecule is CCNC(=NCCCc1nnc2n1CCCCC2)NC1CCN(CC2CCCCC2)CC1.I. The molecular weight excluding hydrogens is 525 g/mol. The second-order valence-electron chi connectivity index (χ2n) is 10.1. The second kappa shape index (κ2) is 14.5. The van der Waals surface area contributed by atoms with E-state index in [1.54, 1.807) is 0 Å². The molecule has 1 saturated heterocycles. The van der Waals surface area contributed by atoms with Crippen LogP contribution in [0.4, 0.5) is 0 Å². The summed E-state index contributed by atoms with van der Waals surface area (Å²) in [7, 11) is 0. The minimum atomic E-state index is 0. The van der Waals surface area contributed by atoms with Crippen LogP contribution in [-0.2, 0) is 19.4 Å². The molecule has 1 aromatic rings. The van der Waals surface area contributed by atoms with Crippen LogP contribution >= 0.6 is 24.0 Å². The second-order valence-corrected chi connectivity index (χ2v) is 10.1. The summed E-state index contributed by atoms with van der Waals surface area (Å²) < 4.78 is 2.36. The van der Waals surface area contributed by atoms with Gasteiger partial charge in [-0.2, -0.15) is 0 Å². The Morgan fingerprint density at radius 2 is 1.76 bits per heavy atom. The largest absolute Gasteiger partial charge is 0.357 e. The van der Waals surface area contributed by atoms with Gasteiger partial charge in [0, 0.05) is 58.2 Å². The number of hydrogen-bond acceptors (Lipinski definition) is 4.